The lowest BCUT2D eigenvalue weighted by atomic mass is 10.1. The van der Waals surface area contributed by atoms with Gasteiger partial charge in [0.1, 0.15) is 12.2 Å². The fourth-order valence-electron chi connectivity index (χ4n) is 2.92. The van der Waals surface area contributed by atoms with E-state index in [1.54, 1.807) is 6.20 Å². The van der Waals surface area contributed by atoms with Crippen molar-refractivity contribution in [3.63, 3.8) is 0 Å². The number of H-pyrrole nitrogens is 1. The lowest BCUT2D eigenvalue weighted by Gasteiger charge is -2.20. The van der Waals surface area contributed by atoms with Gasteiger partial charge >= 0.3 is 0 Å². The second-order valence-corrected chi connectivity index (χ2v) is 12.2. The summed E-state index contributed by atoms with van der Waals surface area (Å²) in [5, 5.41) is 24.0. The molecule has 1 aromatic rings. The summed E-state index contributed by atoms with van der Waals surface area (Å²) >= 11 is 5.24. The molecule has 1 saturated heterocycles. The first-order valence-corrected chi connectivity index (χ1v) is 12.3. The summed E-state index contributed by atoms with van der Waals surface area (Å²) in [6.45, 7) is 6.23. The third-order valence-corrected chi connectivity index (χ3v) is 6.20. The second-order valence-electron chi connectivity index (χ2n) is 7.49. The highest BCUT2D eigenvalue weighted by molar-refractivity contribution is 7.72. The van der Waals surface area contributed by atoms with E-state index in [4.69, 9.17) is 17.0 Å². The number of aromatic amines is 1. The molecule has 0 unspecified atom stereocenters. The number of rotatable bonds is 8. The minimum Gasteiger partial charge on any atom is -0.388 e. The smallest absolute Gasteiger partial charge is 0.256 e. The highest BCUT2D eigenvalue weighted by atomic mass is 32.1. The number of aliphatic hydroxyl groups excluding tert-OH is 2. The number of aromatic nitrogens is 2. The van der Waals surface area contributed by atoms with Crippen LogP contribution in [0.1, 0.15) is 31.6 Å². The fourth-order valence-corrected chi connectivity index (χ4v) is 4.12. The lowest BCUT2D eigenvalue weighted by molar-refractivity contribution is -0.0392. The maximum absolute atomic E-state index is 12.1. The first-order valence-electron chi connectivity index (χ1n) is 8.88. The quantitative estimate of drug-likeness (QED) is 0.295. The van der Waals surface area contributed by atoms with E-state index in [0.717, 1.165) is 19.1 Å². The molecule has 148 valence electrons. The SMILES string of the molecule is C=P(C)(C)CC[C@H]1O[C@@H](n2cc(CNCCC)c(=O)[nH]c2=S)[C@H](O)[C@@H]1O. The molecular weight excluding hydrogens is 373 g/mol. The van der Waals surface area contributed by atoms with Crippen molar-refractivity contribution in [2.75, 3.05) is 26.0 Å². The van der Waals surface area contributed by atoms with Gasteiger partial charge < -0.3 is 20.3 Å². The molecule has 1 aliphatic rings. The van der Waals surface area contributed by atoms with Crippen LogP contribution in [0.5, 0.6) is 0 Å². The van der Waals surface area contributed by atoms with Gasteiger partial charge in [0.15, 0.2) is 11.0 Å². The number of ether oxygens (including phenoxy) is 1. The maximum atomic E-state index is 12.1. The molecule has 0 radical (unpaired) electrons. The number of aliphatic hydroxyl groups is 2. The third-order valence-electron chi connectivity index (χ3n) is 4.41. The Labute approximate surface area is 159 Å². The van der Waals surface area contributed by atoms with E-state index in [-0.39, 0.29) is 10.3 Å². The Kier molecular flexibility index (Phi) is 7.42. The molecule has 0 bridgehead atoms. The second kappa shape index (κ2) is 8.95. The number of hydrogen-bond acceptors (Lipinski definition) is 6. The molecule has 0 amide bonds. The highest BCUT2D eigenvalue weighted by Gasteiger charge is 2.43. The van der Waals surface area contributed by atoms with Gasteiger partial charge in [-0.1, -0.05) is 6.92 Å². The predicted octanol–water partition coefficient (Wildman–Crippen LogP) is 1.12. The summed E-state index contributed by atoms with van der Waals surface area (Å²) in [6.07, 6.45) is 4.80. The standard InChI is InChI=1S/C17H30N3O4PS/c1-5-7-18-9-11-10-20(17(26)19-15(11)23)16-14(22)13(21)12(24-16)6-8-25(2,3)4/h10,12-14,16,18,21-22H,2,5-9H2,1,3-4H3,(H,19,23,26)/t12-,13-,14-,16-/m1/s1. The van der Waals surface area contributed by atoms with E-state index < -0.39 is 31.4 Å². The average Bonchev–Trinajstić information content (AvgIpc) is 2.83. The Morgan fingerprint density at radius 1 is 1.42 bits per heavy atom. The van der Waals surface area contributed by atoms with E-state index >= 15 is 0 Å². The predicted molar refractivity (Wildman–Crippen MR) is 109 cm³/mol. The molecule has 1 fully saturated rings. The van der Waals surface area contributed by atoms with Crippen LogP contribution in [0.2, 0.25) is 0 Å². The van der Waals surface area contributed by atoms with Gasteiger partial charge in [-0.15, -0.1) is 13.2 Å². The lowest BCUT2D eigenvalue weighted by Crippen LogP contribution is -2.33. The van der Waals surface area contributed by atoms with Crippen molar-refractivity contribution in [3.8, 4) is 0 Å². The molecule has 4 N–H and O–H groups in total. The molecule has 1 aromatic heterocycles. The number of nitrogens with one attached hydrogen (secondary N) is 2. The van der Waals surface area contributed by atoms with E-state index in [2.05, 4.69) is 29.9 Å². The molecular formula is C17H30N3O4PS. The zero-order chi connectivity index (χ0) is 19.5. The van der Waals surface area contributed by atoms with Crippen molar-refractivity contribution in [2.45, 2.75) is 50.8 Å². The van der Waals surface area contributed by atoms with Crippen LogP contribution in [0.25, 0.3) is 0 Å². The van der Waals surface area contributed by atoms with Gasteiger partial charge in [-0.25, -0.2) is 0 Å². The molecule has 0 spiro atoms. The van der Waals surface area contributed by atoms with Crippen LogP contribution in [-0.4, -0.2) is 70.4 Å². The first-order chi connectivity index (χ1) is 12.1. The number of hydrogen-bond donors (Lipinski definition) is 4. The Hall–Kier alpha value is -0.760. The van der Waals surface area contributed by atoms with E-state index in [1.807, 2.05) is 6.92 Å². The van der Waals surface area contributed by atoms with Crippen molar-refractivity contribution in [1.29, 1.82) is 0 Å². The molecule has 0 aliphatic carbocycles. The fraction of sp³-hybridized carbons (Fsp3) is 0.706. The zero-order valence-electron chi connectivity index (χ0n) is 15.6. The molecule has 2 heterocycles. The first kappa shape index (κ1) is 21.5. The van der Waals surface area contributed by atoms with Crippen molar-refractivity contribution in [3.05, 3.63) is 26.9 Å². The summed E-state index contributed by atoms with van der Waals surface area (Å²) in [4.78, 5) is 14.7. The summed E-state index contributed by atoms with van der Waals surface area (Å²) in [6, 6.07) is 0. The van der Waals surface area contributed by atoms with E-state index in [1.165, 1.54) is 4.57 Å². The van der Waals surface area contributed by atoms with Crippen LogP contribution in [0, 0.1) is 4.77 Å². The molecule has 0 saturated carbocycles. The van der Waals surface area contributed by atoms with Gasteiger partial charge in [0, 0.05) is 18.3 Å². The topological polar surface area (TPSA) is 99.5 Å². The van der Waals surface area contributed by atoms with Gasteiger partial charge in [0.25, 0.3) is 5.56 Å². The van der Waals surface area contributed by atoms with Gasteiger partial charge in [0.2, 0.25) is 0 Å². The van der Waals surface area contributed by atoms with Crippen LogP contribution >= 0.6 is 19.1 Å². The van der Waals surface area contributed by atoms with Crippen LogP contribution < -0.4 is 10.9 Å². The van der Waals surface area contributed by atoms with Crippen molar-refractivity contribution in [1.82, 2.24) is 14.9 Å². The Bertz CT molecular complexity index is 772. The van der Waals surface area contributed by atoms with Gasteiger partial charge in [-0.2, -0.15) is 0 Å². The third kappa shape index (κ3) is 5.38. The van der Waals surface area contributed by atoms with Crippen LogP contribution in [-0.2, 0) is 11.3 Å². The maximum Gasteiger partial charge on any atom is 0.256 e. The average molecular weight is 403 g/mol. The van der Waals surface area contributed by atoms with Gasteiger partial charge in [-0.05, 0) is 51.1 Å². The highest BCUT2D eigenvalue weighted by Crippen LogP contribution is 2.39. The monoisotopic (exact) mass is 403 g/mol. The van der Waals surface area contributed by atoms with Crippen molar-refractivity contribution in [2.24, 2.45) is 0 Å². The van der Waals surface area contributed by atoms with Crippen LogP contribution in [0.15, 0.2) is 11.0 Å². The summed E-state index contributed by atoms with van der Waals surface area (Å²) in [7, 11) is 0. The van der Waals surface area contributed by atoms with Crippen LogP contribution in [0.4, 0.5) is 0 Å². The number of nitrogens with zero attached hydrogens (tertiary/aromatic N) is 1. The van der Waals surface area contributed by atoms with E-state index in [0.29, 0.717) is 18.5 Å². The summed E-state index contributed by atoms with van der Waals surface area (Å²) in [5.41, 5.74) is 0.244. The minimum absolute atomic E-state index is 0.163. The zero-order valence-corrected chi connectivity index (χ0v) is 17.4. The van der Waals surface area contributed by atoms with E-state index in [9.17, 15) is 15.0 Å². The molecule has 1 aliphatic heterocycles. The Morgan fingerprint density at radius 3 is 2.73 bits per heavy atom. The normalized spacial score (nSPS) is 26.3. The summed E-state index contributed by atoms with van der Waals surface area (Å²) in [5.74, 6) is 0. The molecule has 7 nitrogen and oxygen atoms in total. The molecule has 26 heavy (non-hydrogen) atoms. The Balaban J connectivity index is 2.21. The van der Waals surface area contributed by atoms with Gasteiger partial charge in [0.05, 0.1) is 6.10 Å². The largest absolute Gasteiger partial charge is 0.388 e. The molecule has 0 aromatic carbocycles. The van der Waals surface area contributed by atoms with Crippen molar-refractivity contribution < 1.29 is 14.9 Å². The minimum atomic E-state index is -1.25. The summed E-state index contributed by atoms with van der Waals surface area (Å²) < 4.78 is 7.60. The Morgan fingerprint density at radius 2 is 2.12 bits per heavy atom. The van der Waals surface area contributed by atoms with Crippen LogP contribution in [0.3, 0.4) is 0 Å². The molecule has 4 atom stereocenters. The van der Waals surface area contributed by atoms with Crippen molar-refractivity contribution >= 4 is 25.4 Å². The van der Waals surface area contributed by atoms with Gasteiger partial charge in [-0.3, -0.25) is 14.3 Å². The molecule has 2 rings (SSSR count). The molecule has 9 heteroatoms.